The number of ketones is 1. The minimum atomic E-state index is -5.26. The van der Waals surface area contributed by atoms with Crippen LogP contribution in [0.5, 0.6) is 0 Å². The molecule has 5 nitrogen and oxygen atoms in total. The molecule has 9 heteroatoms. The summed E-state index contributed by atoms with van der Waals surface area (Å²) in [6.45, 7) is 5.96. The standard InChI is InChI=1S/C20H21F3N2O3S/c1-18(2,3)12-8-6-11(7-9-12)15-14(16(26)13-5-4-10-29-13)19(28,20(21,22)23)25-17(27)24-15/h4-10,14-15,28H,1-3H3,(H2,24,25,27)/t14-,15+,19+/m0/s1. The molecule has 1 aliphatic rings. The molecule has 2 amide bonds. The quantitative estimate of drug-likeness (QED) is 0.646. The van der Waals surface area contributed by atoms with Gasteiger partial charge in [-0.05, 0) is 28.0 Å². The molecule has 0 aliphatic carbocycles. The van der Waals surface area contributed by atoms with Gasteiger partial charge in [-0.15, -0.1) is 11.3 Å². The fraction of sp³-hybridized carbons (Fsp3) is 0.400. The molecule has 1 aromatic heterocycles. The Morgan fingerprint density at radius 3 is 2.24 bits per heavy atom. The van der Waals surface area contributed by atoms with E-state index in [0.717, 1.165) is 16.9 Å². The smallest absolute Gasteiger partial charge is 0.363 e. The lowest BCUT2D eigenvalue weighted by atomic mass is 9.78. The summed E-state index contributed by atoms with van der Waals surface area (Å²) in [4.78, 5) is 25.1. The molecule has 156 valence electrons. The highest BCUT2D eigenvalue weighted by atomic mass is 32.1. The summed E-state index contributed by atoms with van der Waals surface area (Å²) in [5.74, 6) is -2.91. The Bertz CT molecular complexity index is 905. The molecule has 1 aromatic carbocycles. The van der Waals surface area contributed by atoms with Crippen molar-refractivity contribution in [2.24, 2.45) is 5.92 Å². The number of nitrogens with one attached hydrogen (secondary N) is 2. The highest BCUT2D eigenvalue weighted by molar-refractivity contribution is 7.12. The lowest BCUT2D eigenvalue weighted by molar-refractivity contribution is -0.287. The maximum Gasteiger partial charge on any atom is 0.437 e. The third-order valence-electron chi connectivity index (χ3n) is 4.99. The zero-order chi connectivity index (χ0) is 21.6. The number of carbonyl (C=O) groups is 2. The molecule has 1 aliphatic heterocycles. The Hall–Kier alpha value is -2.39. The molecule has 29 heavy (non-hydrogen) atoms. The first-order valence-corrected chi connectivity index (χ1v) is 9.78. The summed E-state index contributed by atoms with van der Waals surface area (Å²) in [5, 5.41) is 16.0. The summed E-state index contributed by atoms with van der Waals surface area (Å²) in [6, 6.07) is 6.98. The van der Waals surface area contributed by atoms with E-state index in [-0.39, 0.29) is 10.3 Å². The molecule has 0 unspecified atom stereocenters. The molecule has 3 N–H and O–H groups in total. The van der Waals surface area contributed by atoms with Gasteiger partial charge in [0.1, 0.15) is 5.92 Å². The molecule has 1 saturated heterocycles. The topological polar surface area (TPSA) is 78.4 Å². The largest absolute Gasteiger partial charge is 0.437 e. The van der Waals surface area contributed by atoms with Gasteiger partial charge in [0.05, 0.1) is 10.9 Å². The van der Waals surface area contributed by atoms with Gasteiger partial charge in [-0.2, -0.15) is 13.2 Å². The Kier molecular flexibility index (Phi) is 5.25. The average molecular weight is 426 g/mol. The van der Waals surface area contributed by atoms with E-state index < -0.39 is 35.7 Å². The Balaban J connectivity index is 2.11. The minimum Gasteiger partial charge on any atom is -0.363 e. The summed E-state index contributed by atoms with van der Waals surface area (Å²) in [7, 11) is 0. The summed E-state index contributed by atoms with van der Waals surface area (Å²) < 4.78 is 41.5. The van der Waals surface area contributed by atoms with Crippen LogP contribution in [0.25, 0.3) is 0 Å². The third kappa shape index (κ3) is 3.89. The number of urea groups is 1. The van der Waals surface area contributed by atoms with Crippen molar-refractivity contribution >= 4 is 23.2 Å². The molecular formula is C20H21F3N2O3S. The van der Waals surface area contributed by atoms with Gasteiger partial charge in [-0.1, -0.05) is 51.1 Å². The number of hydrogen-bond acceptors (Lipinski definition) is 4. The predicted octanol–water partition coefficient (Wildman–Crippen LogP) is 4.15. The molecule has 0 spiro atoms. The second-order valence-corrected chi connectivity index (χ2v) is 8.98. The van der Waals surface area contributed by atoms with Crippen LogP contribution in [0.3, 0.4) is 0 Å². The number of carbonyl (C=O) groups excluding carboxylic acids is 2. The molecule has 0 saturated carbocycles. The van der Waals surface area contributed by atoms with Crippen molar-refractivity contribution in [2.75, 3.05) is 0 Å². The van der Waals surface area contributed by atoms with Crippen LogP contribution in [-0.2, 0) is 5.41 Å². The van der Waals surface area contributed by atoms with Crippen LogP contribution in [0, 0.1) is 5.92 Å². The van der Waals surface area contributed by atoms with Gasteiger partial charge in [0.2, 0.25) is 5.72 Å². The van der Waals surface area contributed by atoms with Crippen molar-refractivity contribution in [3.05, 3.63) is 57.8 Å². The van der Waals surface area contributed by atoms with Crippen LogP contribution in [0.15, 0.2) is 41.8 Å². The van der Waals surface area contributed by atoms with Crippen molar-refractivity contribution in [3.63, 3.8) is 0 Å². The van der Waals surface area contributed by atoms with Gasteiger partial charge in [0.15, 0.2) is 5.78 Å². The van der Waals surface area contributed by atoms with Crippen LogP contribution in [-0.4, -0.2) is 28.8 Å². The van der Waals surface area contributed by atoms with E-state index in [9.17, 15) is 27.9 Å². The Labute approximate surface area is 169 Å². The van der Waals surface area contributed by atoms with E-state index in [1.54, 1.807) is 29.6 Å². The van der Waals surface area contributed by atoms with Crippen molar-refractivity contribution < 1.29 is 27.9 Å². The van der Waals surface area contributed by atoms with E-state index in [0.29, 0.717) is 5.56 Å². The third-order valence-corrected chi connectivity index (χ3v) is 5.87. The molecular weight excluding hydrogens is 405 g/mol. The van der Waals surface area contributed by atoms with Gasteiger partial charge in [0.25, 0.3) is 0 Å². The van der Waals surface area contributed by atoms with Crippen LogP contribution in [0.1, 0.15) is 47.6 Å². The fourth-order valence-corrected chi connectivity index (χ4v) is 4.08. The number of benzene rings is 1. The van der Waals surface area contributed by atoms with E-state index in [1.165, 1.54) is 17.4 Å². The van der Waals surface area contributed by atoms with Crippen molar-refractivity contribution in [3.8, 4) is 0 Å². The lowest BCUT2D eigenvalue weighted by Gasteiger charge is -2.45. The first-order valence-electron chi connectivity index (χ1n) is 8.90. The normalized spacial score (nSPS) is 25.3. The average Bonchev–Trinajstić information content (AvgIpc) is 3.13. The maximum atomic E-state index is 13.8. The fourth-order valence-electron chi connectivity index (χ4n) is 3.38. The van der Waals surface area contributed by atoms with E-state index in [4.69, 9.17) is 0 Å². The second-order valence-electron chi connectivity index (χ2n) is 8.03. The van der Waals surface area contributed by atoms with Gasteiger partial charge >= 0.3 is 12.2 Å². The van der Waals surface area contributed by atoms with Crippen molar-refractivity contribution in [2.45, 2.75) is 44.1 Å². The number of alkyl halides is 3. The van der Waals surface area contributed by atoms with Crippen LogP contribution >= 0.6 is 11.3 Å². The molecule has 3 atom stereocenters. The molecule has 1 fully saturated rings. The van der Waals surface area contributed by atoms with E-state index in [2.05, 4.69) is 5.32 Å². The number of thiophene rings is 1. The van der Waals surface area contributed by atoms with E-state index in [1.807, 2.05) is 20.8 Å². The first kappa shape index (κ1) is 21.3. The Morgan fingerprint density at radius 2 is 1.76 bits per heavy atom. The van der Waals surface area contributed by atoms with Crippen LogP contribution in [0.4, 0.5) is 18.0 Å². The summed E-state index contributed by atoms with van der Waals surface area (Å²) in [6.07, 6.45) is -5.26. The molecule has 2 heterocycles. The number of Topliss-reactive ketones (excluding diaryl/α,β-unsaturated/α-hetero) is 1. The van der Waals surface area contributed by atoms with Crippen LogP contribution in [0.2, 0.25) is 0 Å². The lowest BCUT2D eigenvalue weighted by Crippen LogP contribution is -2.72. The number of aliphatic hydroxyl groups is 1. The van der Waals surface area contributed by atoms with Gasteiger partial charge < -0.3 is 15.7 Å². The Morgan fingerprint density at radius 1 is 1.14 bits per heavy atom. The highest BCUT2D eigenvalue weighted by Gasteiger charge is 2.66. The maximum absolute atomic E-state index is 13.8. The number of rotatable bonds is 3. The first-order chi connectivity index (χ1) is 13.3. The summed E-state index contributed by atoms with van der Waals surface area (Å²) >= 11 is 0.971. The zero-order valence-electron chi connectivity index (χ0n) is 16.0. The van der Waals surface area contributed by atoms with E-state index >= 15 is 0 Å². The van der Waals surface area contributed by atoms with Gasteiger partial charge in [0, 0.05) is 0 Å². The molecule has 3 rings (SSSR count). The zero-order valence-corrected chi connectivity index (χ0v) is 16.8. The number of halogens is 3. The van der Waals surface area contributed by atoms with Crippen molar-refractivity contribution in [1.82, 2.24) is 10.6 Å². The van der Waals surface area contributed by atoms with Crippen molar-refractivity contribution in [1.29, 1.82) is 0 Å². The van der Waals surface area contributed by atoms with Gasteiger partial charge in [-0.25, -0.2) is 4.79 Å². The predicted molar refractivity (Wildman–Crippen MR) is 103 cm³/mol. The second kappa shape index (κ2) is 7.14. The number of amides is 2. The molecule has 2 aromatic rings. The van der Waals surface area contributed by atoms with Crippen LogP contribution < -0.4 is 10.6 Å². The molecule has 0 radical (unpaired) electrons. The monoisotopic (exact) mass is 426 g/mol. The summed E-state index contributed by atoms with van der Waals surface area (Å²) in [5.41, 5.74) is -2.65. The highest BCUT2D eigenvalue weighted by Crippen LogP contribution is 2.44. The minimum absolute atomic E-state index is 0.0620. The SMILES string of the molecule is CC(C)(C)c1ccc([C@H]2NC(=O)N[C@](O)(C(F)(F)F)[C@@H]2C(=O)c2cccs2)cc1. The number of hydrogen-bond donors (Lipinski definition) is 3. The van der Waals surface area contributed by atoms with Gasteiger partial charge in [-0.3, -0.25) is 4.79 Å². The molecule has 0 bridgehead atoms.